The van der Waals surface area contributed by atoms with Crippen LogP contribution in [0.3, 0.4) is 0 Å². The molecule has 2 aromatic heterocycles. The smallest absolute Gasteiger partial charge is 0.405 e. The summed E-state index contributed by atoms with van der Waals surface area (Å²) < 4.78 is 19.3. The largest absolute Gasteiger partial charge is 0.490 e. The molecule has 3 aromatic rings. The van der Waals surface area contributed by atoms with Crippen LogP contribution in [-0.2, 0) is 0 Å². The molecule has 6 nitrogen and oxygen atoms in total. The summed E-state index contributed by atoms with van der Waals surface area (Å²) in [4.78, 5) is 19.5. The number of nitrogens with zero attached hydrogens (tertiary/aromatic N) is 2. The molecule has 1 amide bonds. The van der Waals surface area contributed by atoms with Crippen molar-refractivity contribution in [3.05, 3.63) is 53.6 Å². The lowest BCUT2D eigenvalue weighted by Crippen LogP contribution is -2.44. The lowest BCUT2D eigenvalue weighted by Gasteiger charge is -2.28. The highest BCUT2D eigenvalue weighted by Gasteiger charge is 2.23. The minimum absolute atomic E-state index is 0.0848. The Kier molecular flexibility index (Phi) is 6.41. The molecule has 2 heterocycles. The Morgan fingerprint density at radius 3 is 2.77 bits per heavy atom. The van der Waals surface area contributed by atoms with Gasteiger partial charge in [0, 0.05) is 28.8 Å². The molecule has 1 atom stereocenters. The van der Waals surface area contributed by atoms with Crippen molar-refractivity contribution in [3.8, 4) is 17.0 Å². The van der Waals surface area contributed by atoms with E-state index in [0.717, 1.165) is 10.9 Å². The maximum atomic E-state index is 13.5. The maximum Gasteiger partial charge on any atom is 0.405 e. The normalized spacial score (nSPS) is 12.6. The Morgan fingerprint density at radius 1 is 1.30 bits per heavy atom. The van der Waals surface area contributed by atoms with Gasteiger partial charge < -0.3 is 15.2 Å². The highest BCUT2D eigenvalue weighted by molar-refractivity contribution is 6.31. The van der Waals surface area contributed by atoms with Crippen molar-refractivity contribution in [1.82, 2.24) is 15.3 Å². The second-order valence-electron chi connectivity index (χ2n) is 7.94. The van der Waals surface area contributed by atoms with Gasteiger partial charge in [0.15, 0.2) is 10.9 Å². The van der Waals surface area contributed by atoms with Crippen LogP contribution in [0.15, 0.2) is 42.6 Å². The Bertz CT molecular complexity index is 1070. The molecule has 3 rings (SSSR count). The summed E-state index contributed by atoms with van der Waals surface area (Å²) in [6.07, 6.45) is 1.15. The van der Waals surface area contributed by atoms with Gasteiger partial charge in [-0.25, -0.2) is 14.2 Å². The third-order valence-corrected chi connectivity index (χ3v) is 4.89. The van der Waals surface area contributed by atoms with Crippen LogP contribution < -0.4 is 10.1 Å². The third-order valence-electron chi connectivity index (χ3n) is 4.62. The molecule has 0 spiro atoms. The zero-order valence-corrected chi connectivity index (χ0v) is 17.7. The molecule has 30 heavy (non-hydrogen) atoms. The molecule has 0 bridgehead atoms. The topological polar surface area (TPSA) is 84.3 Å². The molecule has 1 unspecified atom stereocenters. The van der Waals surface area contributed by atoms with Crippen molar-refractivity contribution in [2.45, 2.75) is 32.7 Å². The van der Waals surface area contributed by atoms with Gasteiger partial charge in [-0.15, -0.1) is 0 Å². The molecule has 0 saturated heterocycles. The monoisotopic (exact) mass is 431 g/mol. The molecular formula is C22H23ClFN3O3. The predicted molar refractivity (Wildman–Crippen MR) is 114 cm³/mol. The minimum atomic E-state index is -1.05. The highest BCUT2D eigenvalue weighted by atomic mass is 35.5. The van der Waals surface area contributed by atoms with Crippen LogP contribution in [0, 0.1) is 11.7 Å². The Morgan fingerprint density at radius 2 is 2.07 bits per heavy atom. The number of hydrogen-bond donors (Lipinski definition) is 2. The molecule has 0 aliphatic carbocycles. The van der Waals surface area contributed by atoms with Crippen LogP contribution in [0.1, 0.15) is 27.2 Å². The van der Waals surface area contributed by atoms with Crippen molar-refractivity contribution in [1.29, 1.82) is 0 Å². The van der Waals surface area contributed by atoms with Gasteiger partial charge in [-0.05, 0) is 56.5 Å². The minimum Gasteiger partial charge on any atom is -0.490 e. The first-order chi connectivity index (χ1) is 14.1. The molecular weight excluding hydrogens is 409 g/mol. The lowest BCUT2D eigenvalue weighted by molar-refractivity contribution is 0.169. The van der Waals surface area contributed by atoms with E-state index >= 15 is 0 Å². The number of pyridine rings is 2. The number of amides is 1. The predicted octanol–water partition coefficient (Wildman–Crippen LogP) is 5.54. The molecule has 0 aliphatic heterocycles. The number of benzene rings is 1. The summed E-state index contributed by atoms with van der Waals surface area (Å²) in [6, 6.07) is 9.77. The van der Waals surface area contributed by atoms with E-state index in [-0.39, 0.29) is 16.9 Å². The number of aromatic nitrogens is 2. The van der Waals surface area contributed by atoms with Crippen LogP contribution in [-0.4, -0.2) is 33.3 Å². The molecule has 0 fully saturated rings. The van der Waals surface area contributed by atoms with E-state index in [0.29, 0.717) is 30.0 Å². The fourth-order valence-corrected chi connectivity index (χ4v) is 3.74. The van der Waals surface area contributed by atoms with E-state index < -0.39 is 11.6 Å². The molecule has 8 heteroatoms. The van der Waals surface area contributed by atoms with Crippen LogP contribution in [0.2, 0.25) is 5.15 Å². The first kappa shape index (κ1) is 21.8. The van der Waals surface area contributed by atoms with Crippen LogP contribution >= 0.6 is 11.6 Å². The van der Waals surface area contributed by atoms with Crippen molar-refractivity contribution in [2.24, 2.45) is 5.92 Å². The number of halogens is 2. The van der Waals surface area contributed by atoms with Gasteiger partial charge in [0.2, 0.25) is 0 Å². The summed E-state index contributed by atoms with van der Waals surface area (Å²) in [5, 5.41) is 12.4. The van der Waals surface area contributed by atoms with Crippen LogP contribution in [0.5, 0.6) is 5.75 Å². The summed E-state index contributed by atoms with van der Waals surface area (Å²) >= 11 is 6.34. The number of fused-ring (bicyclic) bond motifs is 1. The molecule has 0 aliphatic rings. The van der Waals surface area contributed by atoms with Gasteiger partial charge in [-0.2, -0.15) is 0 Å². The van der Waals surface area contributed by atoms with Crippen molar-refractivity contribution in [2.75, 3.05) is 6.61 Å². The first-order valence-corrected chi connectivity index (χ1v) is 9.87. The molecule has 2 N–H and O–H groups in total. The van der Waals surface area contributed by atoms with Crippen LogP contribution in [0.4, 0.5) is 9.18 Å². The fraction of sp³-hybridized carbons (Fsp3) is 0.318. The van der Waals surface area contributed by atoms with Gasteiger partial charge in [-0.1, -0.05) is 18.5 Å². The molecule has 158 valence electrons. The maximum absolute atomic E-state index is 13.5. The quantitative estimate of drug-likeness (QED) is 0.480. The van der Waals surface area contributed by atoms with E-state index in [1.165, 1.54) is 12.1 Å². The zero-order chi connectivity index (χ0) is 21.9. The van der Waals surface area contributed by atoms with Gasteiger partial charge in [0.25, 0.3) is 0 Å². The van der Waals surface area contributed by atoms with E-state index in [9.17, 15) is 9.18 Å². The number of rotatable bonds is 7. The standard InChI is InChI=1S/C22H23ClFN3O3/c1-13(11-22(2,3)27-21(28)29)12-30-19-7-6-17(26-20(19)23)16-8-9-25-18-10-14(24)4-5-15(16)18/h4-10,13,27H,11-12H2,1-3H3,(H,28,29). The Labute approximate surface area is 179 Å². The van der Waals surface area contributed by atoms with E-state index in [4.69, 9.17) is 21.4 Å². The number of nitrogens with one attached hydrogen (secondary N) is 1. The van der Waals surface area contributed by atoms with Gasteiger partial charge in [-0.3, -0.25) is 4.98 Å². The zero-order valence-electron chi connectivity index (χ0n) is 16.9. The van der Waals surface area contributed by atoms with Crippen molar-refractivity contribution < 1.29 is 19.0 Å². The number of ether oxygens (including phenoxy) is 1. The average Bonchev–Trinajstić information content (AvgIpc) is 2.64. The summed E-state index contributed by atoms with van der Waals surface area (Å²) in [5.41, 5.74) is 1.40. The summed E-state index contributed by atoms with van der Waals surface area (Å²) in [7, 11) is 0. The number of carboxylic acid groups (broad SMARTS) is 1. The van der Waals surface area contributed by atoms with E-state index in [1.54, 1.807) is 30.5 Å². The number of carbonyl (C=O) groups is 1. The second-order valence-corrected chi connectivity index (χ2v) is 8.30. The molecule has 0 saturated carbocycles. The SMILES string of the molecule is CC(COc1ccc(-c2ccnc3cc(F)ccc23)nc1Cl)CC(C)(C)NC(=O)O. The van der Waals surface area contributed by atoms with Gasteiger partial charge in [0.1, 0.15) is 5.82 Å². The van der Waals surface area contributed by atoms with Gasteiger partial charge >= 0.3 is 6.09 Å². The Balaban J connectivity index is 1.73. The van der Waals surface area contributed by atoms with E-state index in [2.05, 4.69) is 15.3 Å². The van der Waals surface area contributed by atoms with E-state index in [1.807, 2.05) is 20.8 Å². The highest BCUT2D eigenvalue weighted by Crippen LogP contribution is 2.31. The lowest BCUT2D eigenvalue weighted by atomic mass is 9.92. The average molecular weight is 432 g/mol. The van der Waals surface area contributed by atoms with Crippen LogP contribution in [0.25, 0.3) is 22.2 Å². The first-order valence-electron chi connectivity index (χ1n) is 9.50. The molecule has 0 radical (unpaired) electrons. The van der Waals surface area contributed by atoms with Crippen molar-refractivity contribution in [3.63, 3.8) is 0 Å². The Hall–Kier alpha value is -2.93. The summed E-state index contributed by atoms with van der Waals surface area (Å²) in [5.74, 6) is 0.181. The van der Waals surface area contributed by atoms with Gasteiger partial charge in [0.05, 0.1) is 17.8 Å². The third kappa shape index (κ3) is 5.36. The second kappa shape index (κ2) is 8.83. The molecule has 1 aromatic carbocycles. The van der Waals surface area contributed by atoms with Crippen molar-refractivity contribution >= 4 is 28.6 Å². The summed E-state index contributed by atoms with van der Waals surface area (Å²) in [6.45, 7) is 5.99. The number of hydrogen-bond acceptors (Lipinski definition) is 4. The fourth-order valence-electron chi connectivity index (χ4n) is 3.53.